The number of aryl methyl sites for hydroxylation is 1. The first-order valence-electron chi connectivity index (χ1n) is 6.49. The first-order chi connectivity index (χ1) is 10.1. The van der Waals surface area contributed by atoms with Gasteiger partial charge < -0.3 is 4.57 Å². The van der Waals surface area contributed by atoms with Gasteiger partial charge in [0.05, 0.1) is 16.0 Å². The Balaban J connectivity index is 1.90. The zero-order valence-electron chi connectivity index (χ0n) is 11.4. The maximum atomic E-state index is 10.6. The number of hydrogen-bond donors (Lipinski definition) is 0. The quantitative estimate of drug-likeness (QED) is 0.543. The highest BCUT2D eigenvalue weighted by Gasteiger charge is 2.04. The van der Waals surface area contributed by atoms with Crippen molar-refractivity contribution in [1.82, 2.24) is 9.55 Å². The van der Waals surface area contributed by atoms with Crippen LogP contribution < -0.4 is 0 Å². The van der Waals surface area contributed by atoms with Crippen molar-refractivity contribution in [1.29, 1.82) is 0 Å². The van der Waals surface area contributed by atoms with Gasteiger partial charge in [0.25, 0.3) is 5.69 Å². The van der Waals surface area contributed by atoms with E-state index >= 15 is 0 Å². The first-order valence-corrected chi connectivity index (χ1v) is 6.49. The molecule has 0 N–H and O–H groups in total. The van der Waals surface area contributed by atoms with Crippen LogP contribution in [-0.4, -0.2) is 14.5 Å². The average molecular weight is 279 g/mol. The molecule has 0 bridgehead atoms. The second kappa shape index (κ2) is 5.20. The summed E-state index contributed by atoms with van der Waals surface area (Å²) >= 11 is 0. The second-order valence-corrected chi connectivity index (χ2v) is 4.70. The molecule has 0 aliphatic carbocycles. The van der Waals surface area contributed by atoms with E-state index in [1.807, 2.05) is 48.0 Å². The van der Waals surface area contributed by atoms with Gasteiger partial charge in [-0.05, 0) is 35.9 Å². The molecule has 1 aromatic heterocycles. The summed E-state index contributed by atoms with van der Waals surface area (Å²) in [6, 6.07) is 14.4. The van der Waals surface area contributed by atoms with Gasteiger partial charge in [0.15, 0.2) is 0 Å². The molecule has 3 aromatic rings. The molecule has 104 valence electrons. The standard InChI is InChI=1S/C16H13N3O2/c1-18-15-5-3-2-4-14(15)17-16(18)11-8-12-6-9-13(10-7-12)19(20)21/h2-11H,1H3. The van der Waals surface area contributed by atoms with Crippen LogP contribution in [0, 0.1) is 10.1 Å². The van der Waals surface area contributed by atoms with Crippen LogP contribution in [0.1, 0.15) is 11.4 Å². The number of aromatic nitrogens is 2. The Morgan fingerprint density at radius 1 is 1.10 bits per heavy atom. The molecule has 0 spiro atoms. The van der Waals surface area contributed by atoms with E-state index in [0.29, 0.717) is 0 Å². The van der Waals surface area contributed by atoms with Crippen LogP contribution in [0.2, 0.25) is 0 Å². The second-order valence-electron chi connectivity index (χ2n) is 4.70. The molecule has 5 heteroatoms. The predicted octanol–water partition coefficient (Wildman–Crippen LogP) is 3.65. The third kappa shape index (κ3) is 2.53. The molecule has 21 heavy (non-hydrogen) atoms. The van der Waals surface area contributed by atoms with Gasteiger partial charge in [-0.2, -0.15) is 0 Å². The summed E-state index contributed by atoms with van der Waals surface area (Å²) in [5.74, 6) is 0.842. The first kappa shape index (κ1) is 13.1. The lowest BCUT2D eigenvalue weighted by Crippen LogP contribution is -1.90. The number of hydrogen-bond acceptors (Lipinski definition) is 3. The normalized spacial score (nSPS) is 11.3. The lowest BCUT2D eigenvalue weighted by Gasteiger charge is -1.97. The van der Waals surface area contributed by atoms with Crippen LogP contribution in [-0.2, 0) is 7.05 Å². The number of imidazole rings is 1. The number of rotatable bonds is 3. The predicted molar refractivity (Wildman–Crippen MR) is 82.7 cm³/mol. The molecule has 0 radical (unpaired) electrons. The Morgan fingerprint density at radius 3 is 2.48 bits per heavy atom. The summed E-state index contributed by atoms with van der Waals surface area (Å²) in [6.45, 7) is 0. The smallest absolute Gasteiger partial charge is 0.269 e. The SMILES string of the molecule is Cn1c(C=Cc2ccc([N+](=O)[O-])cc2)nc2ccccc21. The zero-order valence-corrected chi connectivity index (χ0v) is 11.4. The Labute approximate surface area is 121 Å². The van der Waals surface area contributed by atoms with E-state index in [4.69, 9.17) is 0 Å². The molecule has 2 aromatic carbocycles. The summed E-state index contributed by atoms with van der Waals surface area (Å²) < 4.78 is 2.01. The highest BCUT2D eigenvalue weighted by Crippen LogP contribution is 2.17. The molecule has 3 rings (SSSR count). The van der Waals surface area contributed by atoms with Crippen LogP contribution in [0.5, 0.6) is 0 Å². The Morgan fingerprint density at radius 2 is 1.81 bits per heavy atom. The van der Waals surface area contributed by atoms with Crippen LogP contribution in [0.4, 0.5) is 5.69 Å². The number of fused-ring (bicyclic) bond motifs is 1. The lowest BCUT2D eigenvalue weighted by atomic mass is 10.2. The average Bonchev–Trinajstić information content (AvgIpc) is 2.82. The van der Waals surface area contributed by atoms with Crippen LogP contribution in [0.25, 0.3) is 23.2 Å². The van der Waals surface area contributed by atoms with Crippen LogP contribution in [0.3, 0.4) is 0 Å². The van der Waals surface area contributed by atoms with E-state index in [1.165, 1.54) is 12.1 Å². The van der Waals surface area contributed by atoms with Crippen molar-refractivity contribution in [3.8, 4) is 0 Å². The summed E-state index contributed by atoms with van der Waals surface area (Å²) in [6.07, 6.45) is 3.80. The molecule has 0 saturated heterocycles. The molecule has 0 unspecified atom stereocenters. The zero-order chi connectivity index (χ0) is 14.8. The third-order valence-corrected chi connectivity index (χ3v) is 3.35. The van der Waals surface area contributed by atoms with Crippen molar-refractivity contribution < 1.29 is 4.92 Å². The Hall–Kier alpha value is -2.95. The summed E-state index contributed by atoms with van der Waals surface area (Å²) in [7, 11) is 1.96. The van der Waals surface area contributed by atoms with Gasteiger partial charge >= 0.3 is 0 Å². The molecule has 0 aliphatic heterocycles. The minimum atomic E-state index is -0.404. The van der Waals surface area contributed by atoms with Gasteiger partial charge in [-0.1, -0.05) is 18.2 Å². The highest BCUT2D eigenvalue weighted by molar-refractivity contribution is 5.79. The number of nitro groups is 1. The minimum Gasteiger partial charge on any atom is -0.328 e. The number of nitro benzene ring substituents is 1. The van der Waals surface area contributed by atoms with Crippen molar-refractivity contribution in [3.63, 3.8) is 0 Å². The van der Waals surface area contributed by atoms with E-state index in [-0.39, 0.29) is 5.69 Å². The monoisotopic (exact) mass is 279 g/mol. The van der Waals surface area contributed by atoms with Crippen LogP contribution in [0.15, 0.2) is 48.5 Å². The fraction of sp³-hybridized carbons (Fsp3) is 0.0625. The molecule has 5 nitrogen and oxygen atoms in total. The molecular formula is C16H13N3O2. The molecular weight excluding hydrogens is 266 g/mol. The number of para-hydroxylation sites is 2. The van der Waals surface area contributed by atoms with Gasteiger partial charge in [0.1, 0.15) is 5.82 Å². The van der Waals surface area contributed by atoms with Gasteiger partial charge in [-0.15, -0.1) is 0 Å². The fourth-order valence-corrected chi connectivity index (χ4v) is 2.19. The summed E-state index contributed by atoms with van der Waals surface area (Å²) in [5.41, 5.74) is 3.01. The van der Waals surface area contributed by atoms with Gasteiger partial charge in [-0.25, -0.2) is 4.98 Å². The maximum absolute atomic E-state index is 10.6. The van der Waals surface area contributed by atoms with Crippen LogP contribution >= 0.6 is 0 Å². The van der Waals surface area contributed by atoms with Gasteiger partial charge in [0, 0.05) is 19.2 Å². The van der Waals surface area contributed by atoms with E-state index < -0.39 is 4.92 Å². The number of benzene rings is 2. The highest BCUT2D eigenvalue weighted by atomic mass is 16.6. The summed E-state index contributed by atoms with van der Waals surface area (Å²) in [5, 5.41) is 10.6. The van der Waals surface area contributed by atoms with Crippen molar-refractivity contribution in [2.24, 2.45) is 7.05 Å². The van der Waals surface area contributed by atoms with Gasteiger partial charge in [-0.3, -0.25) is 10.1 Å². The van der Waals surface area contributed by atoms with Gasteiger partial charge in [0.2, 0.25) is 0 Å². The van der Waals surface area contributed by atoms with E-state index in [0.717, 1.165) is 22.4 Å². The fourth-order valence-electron chi connectivity index (χ4n) is 2.19. The van der Waals surface area contributed by atoms with E-state index in [2.05, 4.69) is 4.98 Å². The van der Waals surface area contributed by atoms with E-state index in [1.54, 1.807) is 12.1 Å². The lowest BCUT2D eigenvalue weighted by molar-refractivity contribution is -0.384. The molecule has 0 atom stereocenters. The Kier molecular flexibility index (Phi) is 3.23. The largest absolute Gasteiger partial charge is 0.328 e. The molecule has 1 heterocycles. The number of nitrogens with zero attached hydrogens (tertiary/aromatic N) is 3. The molecule has 0 fully saturated rings. The minimum absolute atomic E-state index is 0.0925. The Bertz CT molecular complexity index is 832. The van der Waals surface area contributed by atoms with Crippen molar-refractivity contribution >= 4 is 28.9 Å². The maximum Gasteiger partial charge on any atom is 0.269 e. The third-order valence-electron chi connectivity index (χ3n) is 3.35. The van der Waals surface area contributed by atoms with E-state index in [9.17, 15) is 10.1 Å². The topological polar surface area (TPSA) is 61.0 Å². The van der Waals surface area contributed by atoms with Crippen molar-refractivity contribution in [3.05, 3.63) is 70.0 Å². The number of non-ortho nitro benzene ring substituents is 1. The van der Waals surface area contributed by atoms with Crippen molar-refractivity contribution in [2.75, 3.05) is 0 Å². The molecule has 0 amide bonds. The summed E-state index contributed by atoms with van der Waals surface area (Å²) in [4.78, 5) is 14.7. The van der Waals surface area contributed by atoms with Crippen molar-refractivity contribution in [2.45, 2.75) is 0 Å². The molecule has 0 saturated carbocycles. The molecule has 0 aliphatic rings.